The van der Waals surface area contributed by atoms with Gasteiger partial charge in [-0.2, -0.15) is 5.21 Å². The van der Waals surface area contributed by atoms with Crippen molar-refractivity contribution in [1.82, 2.24) is 30.9 Å². The van der Waals surface area contributed by atoms with Crippen LogP contribution in [-0.4, -0.2) is 25.6 Å². The Morgan fingerprint density at radius 1 is 1.33 bits per heavy atom. The number of nitrogens with zero attached hydrogens (tertiary/aromatic N) is 4. The molecular formula is C12H18N6. The number of H-pyrrole nitrogens is 1. The average Bonchev–Trinajstić information content (AvgIpc) is 2.77. The van der Waals surface area contributed by atoms with Crippen LogP contribution in [0.2, 0.25) is 0 Å². The van der Waals surface area contributed by atoms with Crippen molar-refractivity contribution in [3.8, 4) is 0 Å². The van der Waals surface area contributed by atoms with Gasteiger partial charge in [-0.05, 0) is 44.9 Å². The van der Waals surface area contributed by atoms with Crippen LogP contribution in [0.15, 0.2) is 6.07 Å². The number of rotatable bonds is 4. The van der Waals surface area contributed by atoms with E-state index in [1.165, 1.54) is 11.1 Å². The molecule has 0 saturated heterocycles. The predicted molar refractivity (Wildman–Crippen MR) is 67.9 cm³/mol. The standard InChI is InChI=1S/C12H18N6/c1-7-5-8(2)14-10(4)12(7)9(3)13-6-11-15-17-18-16-11/h5,9,13H,6H2,1-4H3,(H,15,16,17,18). The summed E-state index contributed by atoms with van der Waals surface area (Å²) in [4.78, 5) is 4.51. The lowest BCUT2D eigenvalue weighted by atomic mass is 10.0. The number of aromatic nitrogens is 5. The zero-order valence-electron chi connectivity index (χ0n) is 11.2. The summed E-state index contributed by atoms with van der Waals surface area (Å²) in [6.45, 7) is 8.88. The molecule has 6 heteroatoms. The van der Waals surface area contributed by atoms with Gasteiger partial charge in [-0.1, -0.05) is 5.21 Å². The molecular weight excluding hydrogens is 228 g/mol. The highest BCUT2D eigenvalue weighted by atomic mass is 15.5. The number of hydrogen-bond acceptors (Lipinski definition) is 5. The van der Waals surface area contributed by atoms with Crippen molar-refractivity contribution in [3.63, 3.8) is 0 Å². The SMILES string of the molecule is Cc1cc(C)c(C(C)NCc2nn[nH]n2)c(C)n1. The van der Waals surface area contributed by atoms with E-state index >= 15 is 0 Å². The number of pyridine rings is 1. The molecule has 0 amide bonds. The minimum atomic E-state index is 0.205. The average molecular weight is 246 g/mol. The maximum atomic E-state index is 4.51. The fourth-order valence-electron chi connectivity index (χ4n) is 2.29. The molecule has 0 aliphatic carbocycles. The maximum Gasteiger partial charge on any atom is 0.188 e. The fraction of sp³-hybridized carbons (Fsp3) is 0.500. The second-order valence-electron chi connectivity index (χ2n) is 4.51. The first-order valence-corrected chi connectivity index (χ1v) is 5.98. The summed E-state index contributed by atoms with van der Waals surface area (Å²) in [5.74, 6) is 0.664. The molecule has 6 nitrogen and oxygen atoms in total. The van der Waals surface area contributed by atoms with E-state index in [0.717, 1.165) is 11.4 Å². The van der Waals surface area contributed by atoms with E-state index in [9.17, 15) is 0 Å². The minimum absolute atomic E-state index is 0.205. The van der Waals surface area contributed by atoms with Gasteiger partial charge in [0.2, 0.25) is 0 Å². The molecule has 0 saturated carbocycles. The Morgan fingerprint density at radius 2 is 2.11 bits per heavy atom. The van der Waals surface area contributed by atoms with Gasteiger partial charge in [0.15, 0.2) is 5.82 Å². The van der Waals surface area contributed by atoms with E-state index in [0.29, 0.717) is 12.4 Å². The van der Waals surface area contributed by atoms with Crippen molar-refractivity contribution in [1.29, 1.82) is 0 Å². The summed E-state index contributed by atoms with van der Waals surface area (Å²) in [7, 11) is 0. The molecule has 1 unspecified atom stereocenters. The Kier molecular flexibility index (Phi) is 3.66. The third-order valence-corrected chi connectivity index (χ3v) is 2.97. The van der Waals surface area contributed by atoms with E-state index in [2.05, 4.69) is 50.8 Å². The van der Waals surface area contributed by atoms with Crippen LogP contribution in [-0.2, 0) is 6.54 Å². The van der Waals surface area contributed by atoms with Crippen molar-refractivity contribution < 1.29 is 0 Å². The summed E-state index contributed by atoms with van der Waals surface area (Å²) < 4.78 is 0. The number of tetrazole rings is 1. The molecule has 0 bridgehead atoms. The van der Waals surface area contributed by atoms with Gasteiger partial charge < -0.3 is 5.32 Å². The van der Waals surface area contributed by atoms with Crippen LogP contribution in [0.5, 0.6) is 0 Å². The monoisotopic (exact) mass is 246 g/mol. The summed E-state index contributed by atoms with van der Waals surface area (Å²) in [6.07, 6.45) is 0. The Bertz CT molecular complexity index is 496. The first kappa shape index (κ1) is 12.6. The maximum absolute atomic E-state index is 4.51. The fourth-order valence-corrected chi connectivity index (χ4v) is 2.29. The van der Waals surface area contributed by atoms with Crippen LogP contribution in [0.1, 0.15) is 41.3 Å². The Morgan fingerprint density at radius 3 is 2.72 bits per heavy atom. The Hall–Kier alpha value is -1.82. The van der Waals surface area contributed by atoms with Gasteiger partial charge in [-0.25, -0.2) is 0 Å². The molecule has 2 aromatic rings. The van der Waals surface area contributed by atoms with Gasteiger partial charge in [0, 0.05) is 17.4 Å². The second-order valence-corrected chi connectivity index (χ2v) is 4.51. The highest BCUT2D eigenvalue weighted by molar-refractivity contribution is 5.33. The Labute approximate surface area is 106 Å². The summed E-state index contributed by atoms with van der Waals surface area (Å²) in [5.41, 5.74) is 4.62. The molecule has 2 aromatic heterocycles. The molecule has 18 heavy (non-hydrogen) atoms. The third kappa shape index (κ3) is 2.70. The van der Waals surface area contributed by atoms with Gasteiger partial charge in [0.05, 0.1) is 6.54 Å². The zero-order chi connectivity index (χ0) is 13.1. The van der Waals surface area contributed by atoms with E-state index in [1.807, 2.05) is 13.8 Å². The highest BCUT2D eigenvalue weighted by Gasteiger charge is 2.13. The first-order valence-electron chi connectivity index (χ1n) is 5.98. The minimum Gasteiger partial charge on any atom is -0.303 e. The van der Waals surface area contributed by atoms with E-state index in [-0.39, 0.29) is 6.04 Å². The smallest absolute Gasteiger partial charge is 0.188 e. The van der Waals surface area contributed by atoms with Crippen LogP contribution in [0.25, 0.3) is 0 Å². The van der Waals surface area contributed by atoms with E-state index in [1.54, 1.807) is 0 Å². The lowest BCUT2D eigenvalue weighted by Gasteiger charge is -2.18. The molecule has 2 N–H and O–H groups in total. The summed E-state index contributed by atoms with van der Waals surface area (Å²) in [5, 5.41) is 17.2. The molecule has 2 rings (SSSR count). The predicted octanol–water partition coefficient (Wildman–Crippen LogP) is 1.37. The summed E-state index contributed by atoms with van der Waals surface area (Å²) >= 11 is 0. The molecule has 0 spiro atoms. The van der Waals surface area contributed by atoms with Crippen LogP contribution in [0, 0.1) is 20.8 Å². The molecule has 0 aromatic carbocycles. The number of hydrogen-bond donors (Lipinski definition) is 2. The van der Waals surface area contributed by atoms with Gasteiger partial charge in [0.1, 0.15) is 0 Å². The topological polar surface area (TPSA) is 79.4 Å². The quantitative estimate of drug-likeness (QED) is 0.851. The lowest BCUT2D eigenvalue weighted by molar-refractivity contribution is 0.552. The van der Waals surface area contributed by atoms with Crippen molar-refractivity contribution in [2.75, 3.05) is 0 Å². The van der Waals surface area contributed by atoms with Crippen LogP contribution < -0.4 is 5.32 Å². The van der Waals surface area contributed by atoms with Gasteiger partial charge in [0.25, 0.3) is 0 Å². The van der Waals surface area contributed by atoms with Crippen molar-refractivity contribution in [3.05, 3.63) is 34.4 Å². The van der Waals surface area contributed by atoms with Crippen LogP contribution in [0.4, 0.5) is 0 Å². The molecule has 0 aliphatic rings. The van der Waals surface area contributed by atoms with Crippen LogP contribution >= 0.6 is 0 Å². The Balaban J connectivity index is 2.11. The molecule has 0 radical (unpaired) electrons. The van der Waals surface area contributed by atoms with Crippen LogP contribution in [0.3, 0.4) is 0 Å². The van der Waals surface area contributed by atoms with Gasteiger partial charge in [-0.15, -0.1) is 10.2 Å². The number of aromatic amines is 1. The highest BCUT2D eigenvalue weighted by Crippen LogP contribution is 2.21. The number of aryl methyl sites for hydroxylation is 3. The number of nitrogens with one attached hydrogen (secondary N) is 2. The van der Waals surface area contributed by atoms with Crippen molar-refractivity contribution in [2.24, 2.45) is 0 Å². The normalized spacial score (nSPS) is 12.7. The van der Waals surface area contributed by atoms with Gasteiger partial charge in [-0.3, -0.25) is 4.98 Å². The van der Waals surface area contributed by atoms with E-state index < -0.39 is 0 Å². The second kappa shape index (κ2) is 5.22. The lowest BCUT2D eigenvalue weighted by Crippen LogP contribution is -2.21. The van der Waals surface area contributed by atoms with Gasteiger partial charge >= 0.3 is 0 Å². The largest absolute Gasteiger partial charge is 0.303 e. The molecule has 96 valence electrons. The first-order chi connectivity index (χ1) is 8.58. The van der Waals surface area contributed by atoms with E-state index in [4.69, 9.17) is 0 Å². The zero-order valence-corrected chi connectivity index (χ0v) is 11.2. The molecule has 2 heterocycles. The molecule has 1 atom stereocenters. The van der Waals surface area contributed by atoms with Crippen molar-refractivity contribution in [2.45, 2.75) is 40.3 Å². The third-order valence-electron chi connectivity index (χ3n) is 2.97. The molecule has 0 fully saturated rings. The summed E-state index contributed by atoms with van der Waals surface area (Å²) in [6, 6.07) is 2.31. The molecule has 0 aliphatic heterocycles. The van der Waals surface area contributed by atoms with Crippen molar-refractivity contribution >= 4 is 0 Å².